The number of nitrogens with zero attached hydrogens (tertiary/aromatic N) is 1. The molecule has 2 amide bonds. The molecule has 0 aliphatic rings. The number of carbonyl (C=O) groups excluding carboxylic acids is 2. The maximum absolute atomic E-state index is 12.3. The first-order chi connectivity index (χ1) is 14.0. The van der Waals surface area contributed by atoms with Crippen LogP contribution in [0.4, 0.5) is 0 Å². The zero-order valence-electron chi connectivity index (χ0n) is 16.6. The van der Waals surface area contributed by atoms with Gasteiger partial charge in [0.05, 0.1) is 25.0 Å². The third-order valence-electron chi connectivity index (χ3n) is 3.82. The predicted octanol–water partition coefficient (Wildman–Crippen LogP) is 3.52. The van der Waals surface area contributed by atoms with Gasteiger partial charge in [0.2, 0.25) is 0 Å². The van der Waals surface area contributed by atoms with E-state index >= 15 is 0 Å². The van der Waals surface area contributed by atoms with Crippen molar-refractivity contribution < 1.29 is 19.1 Å². The summed E-state index contributed by atoms with van der Waals surface area (Å²) in [5.74, 6) is 0.479. The van der Waals surface area contributed by atoms with E-state index in [9.17, 15) is 9.59 Å². The van der Waals surface area contributed by atoms with Gasteiger partial charge in [0, 0.05) is 4.47 Å². The van der Waals surface area contributed by atoms with Crippen molar-refractivity contribution in [2.24, 2.45) is 5.10 Å². The highest BCUT2D eigenvalue weighted by molar-refractivity contribution is 9.10. The highest BCUT2D eigenvalue weighted by Crippen LogP contribution is 2.27. The van der Waals surface area contributed by atoms with Crippen molar-refractivity contribution >= 4 is 34.0 Å². The molecule has 7 nitrogen and oxygen atoms in total. The predicted molar refractivity (Wildman–Crippen MR) is 116 cm³/mol. The quantitative estimate of drug-likeness (QED) is 0.441. The average Bonchev–Trinajstić information content (AvgIpc) is 2.70. The first-order valence-electron chi connectivity index (χ1n) is 9.24. The van der Waals surface area contributed by atoms with Crippen molar-refractivity contribution in [2.45, 2.75) is 26.8 Å². The monoisotopic (exact) mass is 461 g/mol. The van der Waals surface area contributed by atoms with Crippen LogP contribution in [0, 0.1) is 0 Å². The smallest absolute Gasteiger partial charge is 0.262 e. The van der Waals surface area contributed by atoms with E-state index in [0.717, 1.165) is 5.56 Å². The van der Waals surface area contributed by atoms with E-state index in [1.54, 1.807) is 43.3 Å². The lowest BCUT2D eigenvalue weighted by molar-refractivity contribution is -0.122. The van der Waals surface area contributed by atoms with E-state index in [-0.39, 0.29) is 5.91 Å². The molecule has 0 aliphatic carbocycles. The zero-order valence-corrected chi connectivity index (χ0v) is 18.2. The molecule has 8 heteroatoms. The van der Waals surface area contributed by atoms with Gasteiger partial charge in [-0.25, -0.2) is 5.43 Å². The standard InChI is InChI=1S/C21H24BrN3O4/c1-4-28-18-11-10-15(12-19(18)29-5-2)13-23-25-20(26)14(3)24-21(27)16-8-6-7-9-17(16)22/h6-14H,4-5H2,1-3H3,(H,24,27)(H,25,26). The fourth-order valence-electron chi connectivity index (χ4n) is 2.40. The minimum absolute atomic E-state index is 0.350. The third kappa shape index (κ3) is 6.60. The number of hydrazone groups is 1. The van der Waals surface area contributed by atoms with Crippen LogP contribution in [0.2, 0.25) is 0 Å². The molecular weight excluding hydrogens is 438 g/mol. The molecule has 1 atom stereocenters. The molecule has 0 aliphatic heterocycles. The van der Waals surface area contributed by atoms with Crippen LogP contribution in [-0.4, -0.2) is 37.3 Å². The van der Waals surface area contributed by atoms with Crippen molar-refractivity contribution in [1.82, 2.24) is 10.7 Å². The van der Waals surface area contributed by atoms with Gasteiger partial charge in [-0.15, -0.1) is 0 Å². The fraction of sp³-hybridized carbons (Fsp3) is 0.286. The van der Waals surface area contributed by atoms with Crippen LogP contribution < -0.4 is 20.2 Å². The molecule has 154 valence electrons. The molecule has 2 N–H and O–H groups in total. The van der Waals surface area contributed by atoms with Gasteiger partial charge < -0.3 is 14.8 Å². The van der Waals surface area contributed by atoms with E-state index in [4.69, 9.17) is 9.47 Å². The maximum Gasteiger partial charge on any atom is 0.262 e. The molecule has 1 unspecified atom stereocenters. The summed E-state index contributed by atoms with van der Waals surface area (Å²) in [5.41, 5.74) is 3.62. The summed E-state index contributed by atoms with van der Waals surface area (Å²) in [6, 6.07) is 11.6. The number of nitrogens with one attached hydrogen (secondary N) is 2. The van der Waals surface area contributed by atoms with E-state index in [0.29, 0.717) is 34.7 Å². The number of halogens is 1. The second-order valence-electron chi connectivity index (χ2n) is 5.98. The number of hydrogen-bond donors (Lipinski definition) is 2. The van der Waals surface area contributed by atoms with Gasteiger partial charge in [-0.3, -0.25) is 9.59 Å². The van der Waals surface area contributed by atoms with Gasteiger partial charge in [-0.05, 0) is 72.6 Å². The summed E-state index contributed by atoms with van der Waals surface area (Å²) in [6.45, 7) is 6.42. The Kier molecular flexibility index (Phi) is 8.67. The van der Waals surface area contributed by atoms with E-state index in [2.05, 4.69) is 31.8 Å². The van der Waals surface area contributed by atoms with Gasteiger partial charge in [-0.2, -0.15) is 5.10 Å². The van der Waals surface area contributed by atoms with Crippen LogP contribution in [0.15, 0.2) is 52.0 Å². The molecule has 0 fully saturated rings. The Morgan fingerprint density at radius 3 is 2.48 bits per heavy atom. The molecule has 0 aromatic heterocycles. The number of hydrogen-bond acceptors (Lipinski definition) is 5. The second kappa shape index (κ2) is 11.2. The minimum Gasteiger partial charge on any atom is -0.490 e. The lowest BCUT2D eigenvalue weighted by Gasteiger charge is -2.13. The van der Waals surface area contributed by atoms with Crippen molar-refractivity contribution in [1.29, 1.82) is 0 Å². The van der Waals surface area contributed by atoms with Gasteiger partial charge in [0.25, 0.3) is 11.8 Å². The SMILES string of the molecule is CCOc1ccc(C=NNC(=O)C(C)NC(=O)c2ccccc2Br)cc1OCC. The minimum atomic E-state index is -0.758. The number of carbonyl (C=O) groups is 2. The fourth-order valence-corrected chi connectivity index (χ4v) is 2.87. The topological polar surface area (TPSA) is 89.0 Å². The zero-order chi connectivity index (χ0) is 21.2. The van der Waals surface area contributed by atoms with Crippen molar-refractivity contribution in [3.8, 4) is 11.5 Å². The number of rotatable bonds is 9. The normalized spacial score (nSPS) is 11.7. The summed E-state index contributed by atoms with van der Waals surface area (Å²) in [5, 5.41) is 6.60. The number of benzene rings is 2. The van der Waals surface area contributed by atoms with Crippen molar-refractivity contribution in [3.05, 3.63) is 58.1 Å². The van der Waals surface area contributed by atoms with Crippen LogP contribution in [0.25, 0.3) is 0 Å². The summed E-state index contributed by atoms with van der Waals surface area (Å²) in [4.78, 5) is 24.5. The van der Waals surface area contributed by atoms with Gasteiger partial charge in [-0.1, -0.05) is 12.1 Å². The molecule has 0 heterocycles. The third-order valence-corrected chi connectivity index (χ3v) is 4.51. The molecule has 2 aromatic carbocycles. The molecular formula is C21H24BrN3O4. The summed E-state index contributed by atoms with van der Waals surface area (Å²) >= 11 is 3.32. The van der Waals surface area contributed by atoms with Crippen LogP contribution in [0.5, 0.6) is 11.5 Å². The molecule has 2 aromatic rings. The molecule has 0 bridgehead atoms. The summed E-state index contributed by atoms with van der Waals surface area (Å²) in [6.07, 6.45) is 1.50. The van der Waals surface area contributed by atoms with Crippen molar-refractivity contribution in [2.75, 3.05) is 13.2 Å². The van der Waals surface area contributed by atoms with E-state index in [1.807, 2.05) is 19.9 Å². The Balaban J connectivity index is 1.95. The first-order valence-corrected chi connectivity index (χ1v) is 10.0. The van der Waals surface area contributed by atoms with Crippen LogP contribution in [0.3, 0.4) is 0 Å². The highest BCUT2D eigenvalue weighted by atomic mass is 79.9. The Bertz CT molecular complexity index is 886. The van der Waals surface area contributed by atoms with Crippen molar-refractivity contribution in [3.63, 3.8) is 0 Å². The van der Waals surface area contributed by atoms with E-state index in [1.165, 1.54) is 6.21 Å². The Hall–Kier alpha value is -2.87. The Morgan fingerprint density at radius 1 is 1.10 bits per heavy atom. The Morgan fingerprint density at radius 2 is 1.79 bits per heavy atom. The second-order valence-corrected chi connectivity index (χ2v) is 6.84. The Labute approximate surface area is 178 Å². The van der Waals surface area contributed by atoms with Gasteiger partial charge in [0.1, 0.15) is 6.04 Å². The van der Waals surface area contributed by atoms with Crippen LogP contribution in [-0.2, 0) is 4.79 Å². The molecule has 29 heavy (non-hydrogen) atoms. The lowest BCUT2D eigenvalue weighted by atomic mass is 10.2. The molecule has 2 rings (SSSR count). The van der Waals surface area contributed by atoms with Gasteiger partial charge in [0.15, 0.2) is 11.5 Å². The highest BCUT2D eigenvalue weighted by Gasteiger charge is 2.17. The largest absolute Gasteiger partial charge is 0.490 e. The lowest BCUT2D eigenvalue weighted by Crippen LogP contribution is -2.43. The molecule has 0 saturated carbocycles. The number of amides is 2. The first kappa shape index (κ1) is 22.4. The maximum atomic E-state index is 12.3. The summed E-state index contributed by atoms with van der Waals surface area (Å²) < 4.78 is 11.7. The molecule has 0 spiro atoms. The number of ether oxygens (including phenoxy) is 2. The van der Waals surface area contributed by atoms with Crippen LogP contribution in [0.1, 0.15) is 36.7 Å². The van der Waals surface area contributed by atoms with Gasteiger partial charge >= 0.3 is 0 Å². The molecule has 0 radical (unpaired) electrons. The summed E-state index contributed by atoms with van der Waals surface area (Å²) in [7, 11) is 0. The molecule has 0 saturated heterocycles. The van der Waals surface area contributed by atoms with Crippen LogP contribution >= 0.6 is 15.9 Å². The van der Waals surface area contributed by atoms with E-state index < -0.39 is 11.9 Å². The average molecular weight is 462 g/mol.